The van der Waals surface area contributed by atoms with Crippen molar-refractivity contribution in [2.24, 2.45) is 5.92 Å². The Hall–Kier alpha value is -0.910. The molecule has 156 valence electrons. The minimum absolute atomic E-state index is 0.0377. The van der Waals surface area contributed by atoms with E-state index in [1.165, 1.54) is 19.3 Å². The van der Waals surface area contributed by atoms with E-state index in [4.69, 9.17) is 4.74 Å². The van der Waals surface area contributed by atoms with Gasteiger partial charge in [-0.3, -0.25) is 0 Å². The summed E-state index contributed by atoms with van der Waals surface area (Å²) in [5.74, 6) is 0.0870. The largest absolute Gasteiger partial charge is 0.374 e. The fourth-order valence-corrected chi connectivity index (χ4v) is 5.00. The summed E-state index contributed by atoms with van der Waals surface area (Å²) < 4.78 is 34.1. The van der Waals surface area contributed by atoms with Crippen LogP contribution in [-0.4, -0.2) is 26.3 Å². The molecule has 5 heteroatoms. The summed E-state index contributed by atoms with van der Waals surface area (Å²) in [4.78, 5) is 0. The van der Waals surface area contributed by atoms with Crippen molar-refractivity contribution in [3.8, 4) is 0 Å². The number of nitrogens with one attached hydrogen (secondary N) is 1. The minimum atomic E-state index is -3.28. The maximum atomic E-state index is 12.7. The smallest absolute Gasteiger partial charge is 0.214 e. The predicted octanol–water partition coefficient (Wildman–Crippen LogP) is 5.29. The van der Waals surface area contributed by atoms with E-state index in [1.54, 1.807) is 0 Å². The van der Waals surface area contributed by atoms with Gasteiger partial charge in [-0.15, -0.1) is 0 Å². The molecule has 27 heavy (non-hydrogen) atoms. The Morgan fingerprint density at radius 2 is 1.63 bits per heavy atom. The lowest BCUT2D eigenvalue weighted by molar-refractivity contribution is 0.0456. The molecule has 0 saturated carbocycles. The van der Waals surface area contributed by atoms with Gasteiger partial charge in [0, 0.05) is 6.54 Å². The molecule has 0 heterocycles. The SMILES string of the molecule is CCCCCCCNS(=O)(=O)C(CCC(C)OCc1ccccc1)C(C)C. The number of rotatable bonds is 15. The summed E-state index contributed by atoms with van der Waals surface area (Å²) in [6.07, 6.45) is 7.02. The number of ether oxygens (including phenoxy) is 1. The summed E-state index contributed by atoms with van der Waals surface area (Å²) in [6.45, 7) is 9.29. The van der Waals surface area contributed by atoms with Crippen molar-refractivity contribution >= 4 is 10.0 Å². The first-order chi connectivity index (χ1) is 12.9. The molecule has 0 bridgehead atoms. The van der Waals surface area contributed by atoms with Gasteiger partial charge in [0.25, 0.3) is 0 Å². The van der Waals surface area contributed by atoms with Crippen LogP contribution in [0.2, 0.25) is 0 Å². The van der Waals surface area contributed by atoms with Gasteiger partial charge in [-0.05, 0) is 37.7 Å². The highest BCUT2D eigenvalue weighted by molar-refractivity contribution is 7.90. The molecule has 0 spiro atoms. The zero-order chi connectivity index (χ0) is 20.1. The van der Waals surface area contributed by atoms with Crippen LogP contribution in [0, 0.1) is 5.92 Å². The van der Waals surface area contributed by atoms with E-state index in [1.807, 2.05) is 51.1 Å². The molecular formula is C22H39NO3S. The monoisotopic (exact) mass is 397 g/mol. The molecule has 0 fully saturated rings. The average Bonchev–Trinajstić information content (AvgIpc) is 2.63. The van der Waals surface area contributed by atoms with Crippen molar-refractivity contribution < 1.29 is 13.2 Å². The van der Waals surface area contributed by atoms with Crippen LogP contribution in [0.4, 0.5) is 0 Å². The number of unbranched alkanes of at least 4 members (excludes halogenated alkanes) is 4. The maximum absolute atomic E-state index is 12.7. The Balaban J connectivity index is 2.40. The molecule has 1 rings (SSSR count). The fraction of sp³-hybridized carbons (Fsp3) is 0.727. The average molecular weight is 398 g/mol. The first kappa shape index (κ1) is 24.1. The number of hydrogen-bond acceptors (Lipinski definition) is 3. The van der Waals surface area contributed by atoms with Gasteiger partial charge in [0.1, 0.15) is 0 Å². The van der Waals surface area contributed by atoms with Crippen molar-refractivity contribution in [1.82, 2.24) is 4.72 Å². The molecule has 4 nitrogen and oxygen atoms in total. The Kier molecular flexibility index (Phi) is 11.9. The molecule has 2 unspecified atom stereocenters. The lowest BCUT2D eigenvalue weighted by Crippen LogP contribution is -2.38. The van der Waals surface area contributed by atoms with E-state index in [9.17, 15) is 8.42 Å². The summed E-state index contributed by atoms with van der Waals surface area (Å²) in [7, 11) is -3.28. The predicted molar refractivity (Wildman–Crippen MR) is 114 cm³/mol. The van der Waals surface area contributed by atoms with Crippen molar-refractivity contribution in [3.05, 3.63) is 35.9 Å². The van der Waals surface area contributed by atoms with Crippen LogP contribution in [0.1, 0.15) is 78.2 Å². The van der Waals surface area contributed by atoms with E-state index in [-0.39, 0.29) is 17.3 Å². The topological polar surface area (TPSA) is 55.4 Å². The van der Waals surface area contributed by atoms with Crippen LogP contribution in [-0.2, 0) is 21.4 Å². The molecular weight excluding hydrogens is 358 g/mol. The zero-order valence-corrected chi connectivity index (χ0v) is 18.4. The molecule has 1 aromatic rings. The Morgan fingerprint density at radius 1 is 0.963 bits per heavy atom. The van der Waals surface area contributed by atoms with Crippen LogP contribution in [0.3, 0.4) is 0 Å². The van der Waals surface area contributed by atoms with E-state index >= 15 is 0 Å². The Labute approximate surface area is 167 Å². The van der Waals surface area contributed by atoms with Gasteiger partial charge in [-0.1, -0.05) is 76.8 Å². The standard InChI is InChI=1S/C22H39NO3S/c1-5-6-7-8-12-17-23-27(24,25)22(19(2)3)16-15-20(4)26-18-21-13-10-9-11-14-21/h9-11,13-14,19-20,22-23H,5-8,12,15-18H2,1-4H3. The van der Waals surface area contributed by atoms with Crippen molar-refractivity contribution in [2.75, 3.05) is 6.54 Å². The van der Waals surface area contributed by atoms with Crippen molar-refractivity contribution in [3.63, 3.8) is 0 Å². The maximum Gasteiger partial charge on any atom is 0.214 e. The van der Waals surface area contributed by atoms with Crippen LogP contribution in [0.25, 0.3) is 0 Å². The molecule has 0 amide bonds. The Bertz CT molecular complexity index is 587. The van der Waals surface area contributed by atoms with E-state index in [0.717, 1.165) is 24.8 Å². The summed E-state index contributed by atoms with van der Waals surface area (Å²) in [5.41, 5.74) is 1.14. The molecule has 0 aliphatic carbocycles. The lowest BCUT2D eigenvalue weighted by Gasteiger charge is -2.23. The quantitative estimate of drug-likeness (QED) is 0.409. The third-order valence-electron chi connectivity index (χ3n) is 4.96. The van der Waals surface area contributed by atoms with Gasteiger partial charge in [-0.25, -0.2) is 13.1 Å². The molecule has 1 aromatic carbocycles. The van der Waals surface area contributed by atoms with Crippen LogP contribution < -0.4 is 4.72 Å². The first-order valence-corrected chi connectivity index (χ1v) is 12.1. The molecule has 0 aromatic heterocycles. The third kappa shape index (κ3) is 10.3. The second-order valence-electron chi connectivity index (χ2n) is 7.82. The van der Waals surface area contributed by atoms with Gasteiger partial charge >= 0.3 is 0 Å². The third-order valence-corrected chi connectivity index (χ3v) is 7.14. The summed E-state index contributed by atoms with van der Waals surface area (Å²) in [6, 6.07) is 10.1. The van der Waals surface area contributed by atoms with Gasteiger partial charge in [-0.2, -0.15) is 0 Å². The van der Waals surface area contributed by atoms with Gasteiger partial charge in [0.15, 0.2) is 0 Å². The first-order valence-electron chi connectivity index (χ1n) is 10.5. The molecule has 0 saturated heterocycles. The highest BCUT2D eigenvalue weighted by atomic mass is 32.2. The van der Waals surface area contributed by atoms with E-state index in [2.05, 4.69) is 11.6 Å². The van der Waals surface area contributed by atoms with Crippen LogP contribution >= 0.6 is 0 Å². The summed E-state index contributed by atoms with van der Waals surface area (Å²) in [5, 5.41) is -0.365. The van der Waals surface area contributed by atoms with Gasteiger partial charge < -0.3 is 4.74 Å². The second-order valence-corrected chi connectivity index (χ2v) is 9.80. The normalized spacial score (nSPS) is 14.4. The van der Waals surface area contributed by atoms with E-state index in [0.29, 0.717) is 19.6 Å². The molecule has 1 N–H and O–H groups in total. The van der Waals surface area contributed by atoms with E-state index < -0.39 is 10.0 Å². The number of benzene rings is 1. The van der Waals surface area contributed by atoms with Crippen molar-refractivity contribution in [1.29, 1.82) is 0 Å². The number of hydrogen-bond donors (Lipinski definition) is 1. The zero-order valence-electron chi connectivity index (χ0n) is 17.6. The molecule has 0 radical (unpaired) electrons. The highest BCUT2D eigenvalue weighted by Crippen LogP contribution is 2.20. The summed E-state index contributed by atoms with van der Waals surface area (Å²) >= 11 is 0. The molecule has 0 aliphatic rings. The minimum Gasteiger partial charge on any atom is -0.374 e. The van der Waals surface area contributed by atoms with Crippen LogP contribution in [0.15, 0.2) is 30.3 Å². The second kappa shape index (κ2) is 13.3. The fourth-order valence-electron chi connectivity index (χ4n) is 3.19. The van der Waals surface area contributed by atoms with Gasteiger partial charge in [0.2, 0.25) is 10.0 Å². The van der Waals surface area contributed by atoms with Crippen LogP contribution in [0.5, 0.6) is 0 Å². The molecule has 0 aliphatic heterocycles. The van der Waals surface area contributed by atoms with Gasteiger partial charge in [0.05, 0.1) is 18.0 Å². The lowest BCUT2D eigenvalue weighted by atomic mass is 10.0. The molecule has 2 atom stereocenters. The van der Waals surface area contributed by atoms with Crippen molar-refractivity contribution in [2.45, 2.75) is 90.6 Å². The number of sulfonamides is 1. The Morgan fingerprint density at radius 3 is 2.26 bits per heavy atom. The highest BCUT2D eigenvalue weighted by Gasteiger charge is 2.28.